The minimum absolute atomic E-state index is 0.00124. The Kier molecular flexibility index (Phi) is 4.72. The molecule has 1 heterocycles. The summed E-state index contributed by atoms with van der Waals surface area (Å²) in [7, 11) is -3.48. The molecule has 2 rings (SSSR count). The van der Waals surface area contributed by atoms with Gasteiger partial charge in [0.25, 0.3) is 0 Å². The Labute approximate surface area is 129 Å². The lowest BCUT2D eigenvalue weighted by Gasteiger charge is -2.20. The molecule has 1 aliphatic rings. The summed E-state index contributed by atoms with van der Waals surface area (Å²) >= 11 is 0. The largest absolute Gasteiger partial charge is 0.325 e. The molecule has 3 N–H and O–H groups in total. The molecule has 1 fully saturated rings. The lowest BCUT2D eigenvalue weighted by atomic mass is 10.0. The second-order valence-electron chi connectivity index (χ2n) is 5.67. The third-order valence-electron chi connectivity index (χ3n) is 3.60. The van der Waals surface area contributed by atoms with Crippen LogP contribution in [0.15, 0.2) is 18.2 Å². The average molecular weight is 329 g/mol. The predicted molar refractivity (Wildman–Crippen MR) is 83.6 cm³/mol. The second-order valence-corrected chi connectivity index (χ2v) is 7.68. The molecule has 8 heteroatoms. The number of rotatable bonds is 4. The van der Waals surface area contributed by atoms with E-state index < -0.39 is 27.8 Å². The van der Waals surface area contributed by atoms with Crippen LogP contribution < -0.4 is 15.4 Å². The molecule has 6 nitrogen and oxygen atoms in total. The van der Waals surface area contributed by atoms with E-state index in [1.807, 2.05) is 13.8 Å². The molecule has 0 radical (unpaired) electrons. The number of nitrogens with zero attached hydrogens (tertiary/aromatic N) is 1. The van der Waals surface area contributed by atoms with Gasteiger partial charge < -0.3 is 11.1 Å². The van der Waals surface area contributed by atoms with Gasteiger partial charge in [-0.15, -0.1) is 0 Å². The normalized spacial score (nSPS) is 18.5. The molecule has 1 amide bonds. The highest BCUT2D eigenvalue weighted by Crippen LogP contribution is 2.29. The number of hydrogen-bond acceptors (Lipinski definition) is 4. The van der Waals surface area contributed by atoms with Crippen molar-refractivity contribution in [3.05, 3.63) is 24.0 Å². The van der Waals surface area contributed by atoms with Gasteiger partial charge in [0.2, 0.25) is 15.9 Å². The van der Waals surface area contributed by atoms with Gasteiger partial charge in [-0.2, -0.15) is 0 Å². The molecule has 0 spiro atoms. The number of amides is 1. The smallest absolute Gasteiger partial charge is 0.241 e. The molecular formula is C14H20FN3O3S. The quantitative estimate of drug-likeness (QED) is 0.870. The Hall–Kier alpha value is -1.67. The Morgan fingerprint density at radius 3 is 2.64 bits per heavy atom. The highest BCUT2D eigenvalue weighted by molar-refractivity contribution is 7.93. The highest BCUT2D eigenvalue weighted by Gasteiger charge is 2.30. The molecule has 1 aromatic rings. The highest BCUT2D eigenvalue weighted by atomic mass is 32.2. The number of benzene rings is 1. The number of nitrogens with two attached hydrogens (primary N) is 1. The van der Waals surface area contributed by atoms with Crippen LogP contribution in [-0.4, -0.2) is 32.7 Å². The zero-order chi connectivity index (χ0) is 16.5. The van der Waals surface area contributed by atoms with E-state index in [1.165, 1.54) is 12.1 Å². The first kappa shape index (κ1) is 16.7. The second kappa shape index (κ2) is 6.21. The van der Waals surface area contributed by atoms with Gasteiger partial charge in [-0.3, -0.25) is 9.10 Å². The van der Waals surface area contributed by atoms with Gasteiger partial charge in [-0.25, -0.2) is 12.8 Å². The van der Waals surface area contributed by atoms with Crippen LogP contribution in [0.25, 0.3) is 0 Å². The van der Waals surface area contributed by atoms with Crippen LogP contribution in [-0.2, 0) is 14.8 Å². The SMILES string of the molecule is CC(C)[C@H](N)C(=O)Nc1ccc(F)c(N2CCCS2(=O)=O)c1. The first-order valence-electron chi connectivity index (χ1n) is 7.09. The summed E-state index contributed by atoms with van der Waals surface area (Å²) < 4.78 is 38.8. The van der Waals surface area contributed by atoms with Gasteiger partial charge >= 0.3 is 0 Å². The third-order valence-corrected chi connectivity index (χ3v) is 5.46. The molecule has 0 aliphatic carbocycles. The Balaban J connectivity index is 2.26. The lowest BCUT2D eigenvalue weighted by molar-refractivity contribution is -0.118. The van der Waals surface area contributed by atoms with Crippen molar-refractivity contribution in [3.63, 3.8) is 0 Å². The summed E-state index contributed by atoms with van der Waals surface area (Å²) in [4.78, 5) is 11.9. The van der Waals surface area contributed by atoms with Crippen LogP contribution in [0.2, 0.25) is 0 Å². The van der Waals surface area contributed by atoms with Gasteiger partial charge in [0, 0.05) is 12.2 Å². The van der Waals surface area contributed by atoms with E-state index in [2.05, 4.69) is 5.32 Å². The van der Waals surface area contributed by atoms with Crippen molar-refractivity contribution in [2.24, 2.45) is 11.7 Å². The molecule has 1 atom stereocenters. The number of hydrogen-bond donors (Lipinski definition) is 2. The Bertz CT molecular complexity index is 676. The summed E-state index contributed by atoms with van der Waals surface area (Å²) in [6.45, 7) is 3.87. The number of halogens is 1. The molecule has 0 bridgehead atoms. The van der Waals surface area contributed by atoms with Crippen LogP contribution >= 0.6 is 0 Å². The molecule has 1 saturated heterocycles. The molecule has 1 aliphatic heterocycles. The standard InChI is InChI=1S/C14H20FN3O3S/c1-9(2)13(16)14(19)17-10-4-5-11(15)12(8-10)18-6-3-7-22(18,20)21/h4-5,8-9,13H,3,6-7,16H2,1-2H3,(H,17,19)/t13-/m0/s1. The fourth-order valence-corrected chi connectivity index (χ4v) is 3.78. The van der Waals surface area contributed by atoms with Crippen molar-refractivity contribution < 1.29 is 17.6 Å². The number of carbonyl (C=O) groups excluding carboxylic acids is 1. The van der Waals surface area contributed by atoms with Crippen LogP contribution in [0.5, 0.6) is 0 Å². The lowest BCUT2D eigenvalue weighted by Crippen LogP contribution is -2.39. The van der Waals surface area contributed by atoms with E-state index in [9.17, 15) is 17.6 Å². The van der Waals surface area contributed by atoms with E-state index in [0.29, 0.717) is 12.1 Å². The zero-order valence-electron chi connectivity index (χ0n) is 12.5. The molecule has 1 aromatic carbocycles. The third kappa shape index (κ3) is 3.38. The van der Waals surface area contributed by atoms with Gasteiger partial charge in [0.05, 0.1) is 17.5 Å². The van der Waals surface area contributed by atoms with E-state index in [1.54, 1.807) is 0 Å². The van der Waals surface area contributed by atoms with Gasteiger partial charge in [-0.05, 0) is 30.5 Å². The number of anilines is 2. The monoisotopic (exact) mass is 329 g/mol. The molecular weight excluding hydrogens is 309 g/mol. The topological polar surface area (TPSA) is 92.5 Å². The molecule has 22 heavy (non-hydrogen) atoms. The van der Waals surface area contributed by atoms with Crippen molar-refractivity contribution in [2.75, 3.05) is 21.9 Å². The molecule has 122 valence electrons. The Morgan fingerprint density at radius 1 is 1.41 bits per heavy atom. The fourth-order valence-electron chi connectivity index (χ4n) is 2.22. The maximum atomic E-state index is 13.9. The van der Waals surface area contributed by atoms with E-state index in [0.717, 1.165) is 10.4 Å². The fraction of sp³-hybridized carbons (Fsp3) is 0.500. The maximum Gasteiger partial charge on any atom is 0.241 e. The van der Waals surface area contributed by atoms with E-state index in [-0.39, 0.29) is 23.9 Å². The Morgan fingerprint density at radius 2 is 2.09 bits per heavy atom. The van der Waals surface area contributed by atoms with Crippen molar-refractivity contribution >= 4 is 27.3 Å². The van der Waals surface area contributed by atoms with Crippen LogP contribution in [0.3, 0.4) is 0 Å². The number of sulfonamides is 1. The van der Waals surface area contributed by atoms with Crippen molar-refractivity contribution in [1.82, 2.24) is 0 Å². The molecule has 0 unspecified atom stereocenters. The number of nitrogens with one attached hydrogen (secondary N) is 1. The van der Waals surface area contributed by atoms with E-state index in [4.69, 9.17) is 5.73 Å². The van der Waals surface area contributed by atoms with Gasteiger partial charge in [0.1, 0.15) is 5.82 Å². The molecule has 0 saturated carbocycles. The summed E-state index contributed by atoms with van der Waals surface area (Å²) in [5.74, 6) is -1.08. The maximum absolute atomic E-state index is 13.9. The molecule has 0 aromatic heterocycles. The average Bonchev–Trinajstić information content (AvgIpc) is 2.79. The minimum Gasteiger partial charge on any atom is -0.325 e. The minimum atomic E-state index is -3.48. The van der Waals surface area contributed by atoms with Crippen LogP contribution in [0.4, 0.5) is 15.8 Å². The van der Waals surface area contributed by atoms with Crippen molar-refractivity contribution in [3.8, 4) is 0 Å². The van der Waals surface area contributed by atoms with E-state index >= 15 is 0 Å². The predicted octanol–water partition coefficient (Wildman–Crippen LogP) is 1.29. The zero-order valence-corrected chi connectivity index (χ0v) is 13.4. The summed E-state index contributed by atoms with van der Waals surface area (Å²) in [5.41, 5.74) is 6.02. The van der Waals surface area contributed by atoms with Gasteiger partial charge in [0.15, 0.2) is 0 Å². The van der Waals surface area contributed by atoms with Crippen LogP contribution in [0, 0.1) is 11.7 Å². The summed E-state index contributed by atoms with van der Waals surface area (Å²) in [6, 6.07) is 3.15. The van der Waals surface area contributed by atoms with Crippen LogP contribution in [0.1, 0.15) is 20.3 Å². The number of carbonyl (C=O) groups is 1. The first-order chi connectivity index (χ1) is 10.2. The van der Waals surface area contributed by atoms with Crippen molar-refractivity contribution in [1.29, 1.82) is 0 Å². The summed E-state index contributed by atoms with van der Waals surface area (Å²) in [6.07, 6.45) is 0.455. The first-order valence-corrected chi connectivity index (χ1v) is 8.69. The summed E-state index contributed by atoms with van der Waals surface area (Å²) in [5, 5.41) is 2.59. The van der Waals surface area contributed by atoms with Crippen molar-refractivity contribution in [2.45, 2.75) is 26.3 Å². The van der Waals surface area contributed by atoms with Gasteiger partial charge in [-0.1, -0.05) is 13.8 Å².